The van der Waals surface area contributed by atoms with E-state index in [-0.39, 0.29) is 6.04 Å². The number of unbranched alkanes of at least 4 members (excludes halogenated alkanes) is 2. The van der Waals surface area contributed by atoms with Crippen molar-refractivity contribution in [3.63, 3.8) is 0 Å². The minimum absolute atomic E-state index is 0.128. The van der Waals surface area contributed by atoms with Crippen molar-refractivity contribution < 1.29 is 0 Å². The zero-order chi connectivity index (χ0) is 13.5. The highest BCUT2D eigenvalue weighted by molar-refractivity contribution is 5.26. The van der Waals surface area contributed by atoms with Crippen LogP contribution in [0.2, 0.25) is 0 Å². The lowest BCUT2D eigenvalue weighted by molar-refractivity contribution is 0.584. The Morgan fingerprint density at radius 2 is 2.05 bits per heavy atom. The summed E-state index contributed by atoms with van der Waals surface area (Å²) < 4.78 is 2.12. The zero-order valence-electron chi connectivity index (χ0n) is 11.0. The summed E-state index contributed by atoms with van der Waals surface area (Å²) in [7, 11) is 0. The van der Waals surface area contributed by atoms with Gasteiger partial charge in [-0.1, -0.05) is 30.3 Å². The molecule has 0 bridgehead atoms. The summed E-state index contributed by atoms with van der Waals surface area (Å²) >= 11 is 0. The number of hydrogen-bond acceptors (Lipinski definition) is 2. The van der Waals surface area contributed by atoms with Crippen LogP contribution in [0.4, 0.5) is 0 Å². The van der Waals surface area contributed by atoms with Crippen molar-refractivity contribution in [2.75, 3.05) is 0 Å². The maximum Gasteiger partial charge on any atom is 0.0948 e. The summed E-state index contributed by atoms with van der Waals surface area (Å²) in [4.78, 5) is 4.21. The number of imidazole rings is 1. The van der Waals surface area contributed by atoms with Crippen LogP contribution >= 0.6 is 0 Å². The molecule has 2 rings (SSSR count). The first-order valence-electron chi connectivity index (χ1n) is 6.57. The van der Waals surface area contributed by atoms with Crippen LogP contribution in [0.15, 0.2) is 42.9 Å². The minimum atomic E-state index is -0.128. The van der Waals surface area contributed by atoms with Gasteiger partial charge in [0.1, 0.15) is 0 Å². The van der Waals surface area contributed by atoms with Crippen LogP contribution in [-0.2, 0) is 6.54 Å². The van der Waals surface area contributed by atoms with Gasteiger partial charge in [0.05, 0.1) is 24.3 Å². The standard InChI is InChI=1S/C16H19N3/c1-2-3-4-8-11-19-13-18-12-15(19)16(17)14-9-6-5-7-10-14/h1,5-7,9-10,12-13,16H,3-4,8,11,17H2. The first-order valence-corrected chi connectivity index (χ1v) is 6.57. The predicted octanol–water partition coefficient (Wildman–Crippen LogP) is 2.73. The Labute approximate surface area is 114 Å². The molecular formula is C16H19N3. The van der Waals surface area contributed by atoms with E-state index in [1.54, 1.807) is 0 Å². The largest absolute Gasteiger partial charge is 0.333 e. The third-order valence-electron chi connectivity index (χ3n) is 3.19. The van der Waals surface area contributed by atoms with Gasteiger partial charge in [0.2, 0.25) is 0 Å². The SMILES string of the molecule is C#CCCCCn1cncc1C(N)c1ccccc1. The van der Waals surface area contributed by atoms with E-state index in [9.17, 15) is 0 Å². The van der Waals surface area contributed by atoms with Crippen molar-refractivity contribution >= 4 is 0 Å². The molecule has 0 saturated carbocycles. The fourth-order valence-electron chi connectivity index (χ4n) is 2.12. The smallest absolute Gasteiger partial charge is 0.0948 e. The number of nitrogens with zero attached hydrogens (tertiary/aromatic N) is 2. The summed E-state index contributed by atoms with van der Waals surface area (Å²) in [5.74, 6) is 2.66. The summed E-state index contributed by atoms with van der Waals surface area (Å²) in [6, 6.07) is 9.95. The molecule has 2 N–H and O–H groups in total. The van der Waals surface area contributed by atoms with Gasteiger partial charge in [0.25, 0.3) is 0 Å². The molecule has 1 aromatic heterocycles. The maximum absolute atomic E-state index is 6.30. The lowest BCUT2D eigenvalue weighted by Crippen LogP contribution is -2.16. The second-order valence-corrected chi connectivity index (χ2v) is 4.56. The molecule has 0 aliphatic rings. The second-order valence-electron chi connectivity index (χ2n) is 4.56. The molecule has 0 radical (unpaired) electrons. The quantitative estimate of drug-likeness (QED) is 0.635. The predicted molar refractivity (Wildman–Crippen MR) is 77.4 cm³/mol. The maximum atomic E-state index is 6.30. The average molecular weight is 253 g/mol. The van der Waals surface area contributed by atoms with Crippen molar-refractivity contribution in [2.24, 2.45) is 5.73 Å². The van der Waals surface area contributed by atoms with E-state index in [1.807, 2.05) is 42.9 Å². The van der Waals surface area contributed by atoms with Crippen LogP contribution in [0, 0.1) is 12.3 Å². The molecule has 1 aromatic carbocycles. The van der Waals surface area contributed by atoms with Crippen molar-refractivity contribution in [3.05, 3.63) is 54.1 Å². The molecule has 0 saturated heterocycles. The van der Waals surface area contributed by atoms with Crippen LogP contribution in [0.25, 0.3) is 0 Å². The molecule has 3 heteroatoms. The second kappa shape index (κ2) is 6.77. The van der Waals surface area contributed by atoms with Crippen LogP contribution in [0.1, 0.15) is 36.6 Å². The zero-order valence-corrected chi connectivity index (χ0v) is 11.0. The molecule has 0 aliphatic heterocycles. The number of nitrogens with two attached hydrogens (primary N) is 1. The van der Waals surface area contributed by atoms with E-state index in [1.165, 1.54) is 0 Å². The molecule has 1 heterocycles. The van der Waals surface area contributed by atoms with Gasteiger partial charge in [-0.25, -0.2) is 4.98 Å². The van der Waals surface area contributed by atoms with Gasteiger partial charge in [0.15, 0.2) is 0 Å². The Balaban J connectivity index is 2.05. The van der Waals surface area contributed by atoms with E-state index in [4.69, 9.17) is 12.2 Å². The Hall–Kier alpha value is -2.05. The van der Waals surface area contributed by atoms with Crippen LogP contribution < -0.4 is 5.73 Å². The molecule has 98 valence electrons. The van der Waals surface area contributed by atoms with E-state index in [0.29, 0.717) is 0 Å². The summed E-state index contributed by atoms with van der Waals surface area (Å²) in [5, 5.41) is 0. The molecule has 1 atom stereocenters. The van der Waals surface area contributed by atoms with Crippen molar-refractivity contribution in [1.82, 2.24) is 9.55 Å². The van der Waals surface area contributed by atoms with E-state index in [2.05, 4.69) is 15.5 Å². The summed E-state index contributed by atoms with van der Waals surface area (Å²) in [5.41, 5.74) is 8.45. The lowest BCUT2D eigenvalue weighted by Gasteiger charge is -2.15. The fraction of sp³-hybridized carbons (Fsp3) is 0.312. The van der Waals surface area contributed by atoms with Crippen LogP contribution in [0.3, 0.4) is 0 Å². The Kier molecular flexibility index (Phi) is 4.77. The van der Waals surface area contributed by atoms with Gasteiger partial charge in [0, 0.05) is 13.0 Å². The topological polar surface area (TPSA) is 43.8 Å². The third-order valence-corrected chi connectivity index (χ3v) is 3.19. The molecule has 0 spiro atoms. The van der Waals surface area contributed by atoms with Crippen molar-refractivity contribution in [1.29, 1.82) is 0 Å². The van der Waals surface area contributed by atoms with E-state index >= 15 is 0 Å². The molecule has 3 nitrogen and oxygen atoms in total. The van der Waals surface area contributed by atoms with Crippen molar-refractivity contribution in [2.45, 2.75) is 31.8 Å². The average Bonchev–Trinajstić information content (AvgIpc) is 2.92. The van der Waals surface area contributed by atoms with Gasteiger partial charge >= 0.3 is 0 Å². The summed E-state index contributed by atoms with van der Waals surface area (Å²) in [6.07, 6.45) is 11.9. The first kappa shape index (κ1) is 13.4. The summed E-state index contributed by atoms with van der Waals surface area (Å²) in [6.45, 7) is 0.914. The van der Waals surface area contributed by atoms with Gasteiger partial charge < -0.3 is 10.3 Å². The normalized spacial score (nSPS) is 12.0. The number of hydrogen-bond donors (Lipinski definition) is 1. The first-order chi connectivity index (χ1) is 9.33. The van der Waals surface area contributed by atoms with Gasteiger partial charge in [-0.15, -0.1) is 12.3 Å². The Morgan fingerprint density at radius 1 is 1.26 bits per heavy atom. The molecule has 2 aromatic rings. The molecule has 0 amide bonds. The molecule has 19 heavy (non-hydrogen) atoms. The van der Waals surface area contributed by atoms with Gasteiger partial charge in [-0.05, 0) is 18.4 Å². The minimum Gasteiger partial charge on any atom is -0.333 e. The number of aryl methyl sites for hydroxylation is 1. The van der Waals surface area contributed by atoms with Crippen molar-refractivity contribution in [3.8, 4) is 12.3 Å². The highest BCUT2D eigenvalue weighted by atomic mass is 15.1. The molecule has 1 unspecified atom stereocenters. The highest BCUT2D eigenvalue weighted by Crippen LogP contribution is 2.19. The van der Waals surface area contributed by atoms with Crippen LogP contribution in [-0.4, -0.2) is 9.55 Å². The molecule has 0 fully saturated rings. The Bertz CT molecular complexity index is 537. The molecule has 0 aliphatic carbocycles. The number of terminal acetylenes is 1. The van der Waals surface area contributed by atoms with E-state index < -0.39 is 0 Å². The van der Waals surface area contributed by atoms with Gasteiger partial charge in [-0.3, -0.25) is 0 Å². The number of aromatic nitrogens is 2. The Morgan fingerprint density at radius 3 is 2.79 bits per heavy atom. The van der Waals surface area contributed by atoms with E-state index in [0.717, 1.165) is 37.1 Å². The third kappa shape index (κ3) is 3.46. The molecular weight excluding hydrogens is 234 g/mol. The highest BCUT2D eigenvalue weighted by Gasteiger charge is 2.12. The lowest BCUT2D eigenvalue weighted by atomic mass is 10.1. The number of rotatable bonds is 6. The number of benzene rings is 1. The fourth-order valence-corrected chi connectivity index (χ4v) is 2.12. The monoisotopic (exact) mass is 253 g/mol. The van der Waals surface area contributed by atoms with Crippen LogP contribution in [0.5, 0.6) is 0 Å². The van der Waals surface area contributed by atoms with Gasteiger partial charge in [-0.2, -0.15) is 0 Å².